The van der Waals surface area contributed by atoms with E-state index in [1.165, 1.54) is 6.26 Å². The largest absolute Gasteiger partial charge is 0.493 e. The fourth-order valence-electron chi connectivity index (χ4n) is 2.09. The van der Waals surface area contributed by atoms with E-state index in [1.807, 2.05) is 30.3 Å². The highest BCUT2D eigenvalue weighted by Gasteiger charge is 2.39. The van der Waals surface area contributed by atoms with Crippen LogP contribution in [0.1, 0.15) is 11.9 Å². The third kappa shape index (κ3) is 2.07. The zero-order chi connectivity index (χ0) is 11.7. The quantitative estimate of drug-likeness (QED) is 0.797. The molecule has 4 heteroatoms. The smallest absolute Gasteiger partial charge is 0.184 e. The van der Waals surface area contributed by atoms with Gasteiger partial charge in [-0.1, -0.05) is 30.3 Å². The van der Waals surface area contributed by atoms with Gasteiger partial charge in [0, 0.05) is 5.56 Å². The summed E-state index contributed by atoms with van der Waals surface area (Å²) < 4.78 is 16.7. The van der Waals surface area contributed by atoms with Crippen LogP contribution in [-0.4, -0.2) is 30.0 Å². The summed E-state index contributed by atoms with van der Waals surface area (Å²) in [5, 5.41) is 9.82. The molecule has 0 aromatic heterocycles. The molecule has 1 N–H and O–H groups in total. The van der Waals surface area contributed by atoms with Gasteiger partial charge in [0.15, 0.2) is 12.4 Å². The topological polar surface area (TPSA) is 47.9 Å². The van der Waals surface area contributed by atoms with E-state index in [0.717, 1.165) is 5.56 Å². The molecule has 1 saturated heterocycles. The van der Waals surface area contributed by atoms with Crippen LogP contribution in [0.3, 0.4) is 0 Å². The zero-order valence-corrected chi connectivity index (χ0v) is 9.23. The van der Waals surface area contributed by atoms with Gasteiger partial charge in [-0.2, -0.15) is 0 Å². The second kappa shape index (κ2) is 4.49. The maximum atomic E-state index is 9.82. The highest BCUT2D eigenvalue weighted by Crippen LogP contribution is 2.30. The summed E-state index contributed by atoms with van der Waals surface area (Å²) in [6, 6.07) is 9.69. The normalized spacial score (nSPS) is 36.1. The van der Waals surface area contributed by atoms with Gasteiger partial charge in [0.05, 0.1) is 12.9 Å². The summed E-state index contributed by atoms with van der Waals surface area (Å²) >= 11 is 0. The van der Waals surface area contributed by atoms with E-state index in [0.29, 0.717) is 6.61 Å². The van der Waals surface area contributed by atoms with Gasteiger partial charge in [-0.3, -0.25) is 0 Å². The van der Waals surface area contributed by atoms with Gasteiger partial charge >= 0.3 is 0 Å². The van der Waals surface area contributed by atoms with Crippen molar-refractivity contribution in [2.45, 2.75) is 24.6 Å². The molecule has 2 aliphatic rings. The van der Waals surface area contributed by atoms with Crippen LogP contribution in [0.25, 0.3) is 0 Å². The maximum Gasteiger partial charge on any atom is 0.184 e. The SMILES string of the molecule is O[C@@H]1C=CO[C@H]2CO[C@H](c3ccccc3)O[C@@H]12. The lowest BCUT2D eigenvalue weighted by Gasteiger charge is -2.39. The van der Waals surface area contributed by atoms with Gasteiger partial charge in [-0.25, -0.2) is 0 Å². The molecule has 0 aliphatic carbocycles. The van der Waals surface area contributed by atoms with Crippen LogP contribution in [-0.2, 0) is 14.2 Å². The highest BCUT2D eigenvalue weighted by atomic mass is 16.7. The summed E-state index contributed by atoms with van der Waals surface area (Å²) in [4.78, 5) is 0. The summed E-state index contributed by atoms with van der Waals surface area (Å²) in [6.45, 7) is 0.422. The molecule has 1 aromatic rings. The van der Waals surface area contributed by atoms with Gasteiger partial charge in [0.25, 0.3) is 0 Å². The first-order valence-corrected chi connectivity index (χ1v) is 5.67. The van der Waals surface area contributed by atoms with Crippen LogP contribution in [0.4, 0.5) is 0 Å². The van der Waals surface area contributed by atoms with E-state index in [-0.39, 0.29) is 12.2 Å². The molecule has 0 unspecified atom stereocenters. The predicted octanol–water partition coefficient (Wildman–Crippen LogP) is 1.37. The lowest BCUT2D eigenvalue weighted by atomic mass is 10.0. The number of rotatable bonds is 1. The fraction of sp³-hybridized carbons (Fsp3) is 0.385. The van der Waals surface area contributed by atoms with E-state index in [1.54, 1.807) is 6.08 Å². The molecule has 3 rings (SSSR count). The van der Waals surface area contributed by atoms with Crippen LogP contribution in [0, 0.1) is 0 Å². The number of aliphatic hydroxyl groups excluding tert-OH is 1. The first-order chi connectivity index (χ1) is 8.34. The van der Waals surface area contributed by atoms with Crippen molar-refractivity contribution in [2.24, 2.45) is 0 Å². The molecule has 0 bridgehead atoms. The van der Waals surface area contributed by atoms with E-state index in [2.05, 4.69) is 0 Å². The Hall–Kier alpha value is -1.36. The Morgan fingerprint density at radius 2 is 2.00 bits per heavy atom. The van der Waals surface area contributed by atoms with Crippen molar-refractivity contribution in [3.05, 3.63) is 48.2 Å². The Morgan fingerprint density at radius 3 is 2.82 bits per heavy atom. The van der Waals surface area contributed by atoms with Crippen molar-refractivity contribution < 1.29 is 19.3 Å². The van der Waals surface area contributed by atoms with Crippen molar-refractivity contribution in [1.82, 2.24) is 0 Å². The maximum absolute atomic E-state index is 9.82. The first-order valence-electron chi connectivity index (χ1n) is 5.67. The Bertz CT molecular complexity index is 403. The summed E-state index contributed by atoms with van der Waals surface area (Å²) in [6.07, 6.45) is 1.44. The number of benzene rings is 1. The molecule has 4 nitrogen and oxygen atoms in total. The molecule has 1 aromatic carbocycles. The van der Waals surface area contributed by atoms with E-state index in [4.69, 9.17) is 14.2 Å². The monoisotopic (exact) mass is 234 g/mol. The number of hydrogen-bond donors (Lipinski definition) is 1. The lowest BCUT2D eigenvalue weighted by Crippen LogP contribution is -2.49. The molecule has 4 atom stereocenters. The zero-order valence-electron chi connectivity index (χ0n) is 9.23. The van der Waals surface area contributed by atoms with Crippen molar-refractivity contribution >= 4 is 0 Å². The van der Waals surface area contributed by atoms with Crippen LogP contribution in [0.15, 0.2) is 42.7 Å². The van der Waals surface area contributed by atoms with Gasteiger partial charge in [0.1, 0.15) is 12.2 Å². The molecule has 0 spiro atoms. The second-order valence-electron chi connectivity index (χ2n) is 4.17. The minimum absolute atomic E-state index is 0.227. The van der Waals surface area contributed by atoms with Crippen molar-refractivity contribution in [1.29, 1.82) is 0 Å². The Balaban J connectivity index is 1.77. The Kier molecular flexibility index (Phi) is 2.84. The average Bonchev–Trinajstić information content (AvgIpc) is 2.40. The summed E-state index contributed by atoms with van der Waals surface area (Å²) in [7, 11) is 0. The Labute approximate surface area is 99.4 Å². The van der Waals surface area contributed by atoms with Gasteiger partial charge in [0.2, 0.25) is 0 Å². The van der Waals surface area contributed by atoms with Crippen molar-refractivity contribution in [3.63, 3.8) is 0 Å². The molecule has 0 saturated carbocycles. The minimum Gasteiger partial charge on any atom is -0.493 e. The number of aliphatic hydroxyl groups is 1. The summed E-state index contributed by atoms with van der Waals surface area (Å²) in [5.41, 5.74) is 0.952. The number of ether oxygens (including phenoxy) is 3. The average molecular weight is 234 g/mol. The van der Waals surface area contributed by atoms with Crippen molar-refractivity contribution in [2.75, 3.05) is 6.61 Å². The predicted molar refractivity (Wildman–Crippen MR) is 60.0 cm³/mol. The van der Waals surface area contributed by atoms with Crippen LogP contribution in [0.5, 0.6) is 0 Å². The van der Waals surface area contributed by atoms with Crippen molar-refractivity contribution in [3.8, 4) is 0 Å². The fourth-order valence-corrected chi connectivity index (χ4v) is 2.09. The third-order valence-electron chi connectivity index (χ3n) is 3.00. The highest BCUT2D eigenvalue weighted by molar-refractivity contribution is 5.16. The molecule has 17 heavy (non-hydrogen) atoms. The summed E-state index contributed by atoms with van der Waals surface area (Å²) in [5.74, 6) is 0. The van der Waals surface area contributed by atoms with Gasteiger partial charge < -0.3 is 19.3 Å². The van der Waals surface area contributed by atoms with Gasteiger partial charge in [-0.05, 0) is 6.08 Å². The standard InChI is InChI=1S/C13H14O4/c14-10-6-7-15-11-8-16-13(17-12(10)11)9-4-2-1-3-5-9/h1-7,10-14H,8H2/t10-,11+,12+,13+/m1/s1. The molecule has 0 amide bonds. The van der Waals surface area contributed by atoms with Crippen LogP contribution in [0.2, 0.25) is 0 Å². The molecular formula is C13H14O4. The van der Waals surface area contributed by atoms with Crippen LogP contribution >= 0.6 is 0 Å². The van der Waals surface area contributed by atoms with Gasteiger partial charge in [-0.15, -0.1) is 0 Å². The molecule has 0 radical (unpaired) electrons. The molecule has 2 aliphatic heterocycles. The number of fused-ring (bicyclic) bond motifs is 1. The first kappa shape index (κ1) is 10.8. The minimum atomic E-state index is -0.635. The molecule has 2 heterocycles. The van der Waals surface area contributed by atoms with E-state index in [9.17, 15) is 5.11 Å². The lowest BCUT2D eigenvalue weighted by molar-refractivity contribution is -0.276. The molecule has 90 valence electrons. The Morgan fingerprint density at radius 1 is 1.18 bits per heavy atom. The number of hydrogen-bond acceptors (Lipinski definition) is 4. The van der Waals surface area contributed by atoms with Crippen LogP contribution < -0.4 is 0 Å². The molecule has 1 fully saturated rings. The van der Waals surface area contributed by atoms with E-state index < -0.39 is 12.4 Å². The third-order valence-corrected chi connectivity index (χ3v) is 3.00. The molecular weight excluding hydrogens is 220 g/mol. The second-order valence-corrected chi connectivity index (χ2v) is 4.17. The van der Waals surface area contributed by atoms with E-state index >= 15 is 0 Å².